The number of methoxy groups -OCH3 is 2. The number of carbonyl (C=O) groups is 1. The minimum absolute atomic E-state index is 0.0182. The molecular weight excluding hydrogens is 382 g/mol. The quantitative estimate of drug-likeness (QED) is 0.421. The molecule has 3 aromatic rings. The molecule has 1 heterocycles. The van der Waals surface area contributed by atoms with Gasteiger partial charge in [-0.05, 0) is 23.8 Å². The molecule has 28 heavy (non-hydrogen) atoms. The number of hydrogen-bond donors (Lipinski definition) is 0. The molecule has 0 aliphatic carbocycles. The Morgan fingerprint density at radius 2 is 1.93 bits per heavy atom. The average molecular weight is 400 g/mol. The highest BCUT2D eigenvalue weighted by Gasteiger charge is 2.11. The Bertz CT molecular complexity index is 982. The molecule has 0 saturated carbocycles. The second kappa shape index (κ2) is 9.10. The highest BCUT2D eigenvalue weighted by molar-refractivity contribution is 6.32. The minimum Gasteiger partial charge on any atom is -0.493 e. The lowest BCUT2D eigenvalue weighted by Gasteiger charge is -2.10. The summed E-state index contributed by atoms with van der Waals surface area (Å²) in [4.78, 5) is 12.0. The molecule has 0 bridgehead atoms. The van der Waals surface area contributed by atoms with Crippen LogP contribution in [-0.2, 0) is 16.1 Å². The summed E-state index contributed by atoms with van der Waals surface area (Å²) >= 11 is 6.15. The first-order chi connectivity index (χ1) is 13.6. The summed E-state index contributed by atoms with van der Waals surface area (Å²) in [6, 6.07) is 14.7. The Balaban J connectivity index is 1.60. The van der Waals surface area contributed by atoms with Crippen LogP contribution in [-0.4, -0.2) is 25.3 Å². The largest absolute Gasteiger partial charge is 0.493 e. The third-order valence-electron chi connectivity index (χ3n) is 3.85. The highest BCUT2D eigenvalue weighted by atomic mass is 35.5. The van der Waals surface area contributed by atoms with E-state index in [2.05, 4.69) is 5.16 Å². The van der Waals surface area contributed by atoms with Gasteiger partial charge in [-0.2, -0.15) is 0 Å². The monoisotopic (exact) mass is 399 g/mol. The summed E-state index contributed by atoms with van der Waals surface area (Å²) in [6.45, 7) is -0.0182. The lowest BCUT2D eigenvalue weighted by atomic mass is 10.1. The topological polar surface area (TPSA) is 70.8 Å². The van der Waals surface area contributed by atoms with E-state index >= 15 is 0 Å². The van der Waals surface area contributed by atoms with Crippen molar-refractivity contribution < 1.29 is 23.5 Å². The van der Waals surface area contributed by atoms with Gasteiger partial charge in [-0.3, -0.25) is 0 Å². The lowest BCUT2D eigenvalue weighted by molar-refractivity contribution is -0.139. The van der Waals surface area contributed by atoms with E-state index < -0.39 is 5.97 Å². The molecule has 0 unspecified atom stereocenters. The van der Waals surface area contributed by atoms with E-state index in [0.29, 0.717) is 33.5 Å². The van der Waals surface area contributed by atoms with Crippen LogP contribution in [0.15, 0.2) is 59.1 Å². The Hall–Kier alpha value is -3.25. The van der Waals surface area contributed by atoms with E-state index in [1.54, 1.807) is 24.3 Å². The molecule has 0 aliphatic rings. The van der Waals surface area contributed by atoms with Gasteiger partial charge in [-0.15, -0.1) is 0 Å². The van der Waals surface area contributed by atoms with Crippen LogP contribution in [0.4, 0.5) is 0 Å². The van der Waals surface area contributed by atoms with Crippen LogP contribution in [0.3, 0.4) is 0 Å². The van der Waals surface area contributed by atoms with Crippen LogP contribution in [0.5, 0.6) is 11.5 Å². The third kappa shape index (κ3) is 4.72. The standard InChI is InChI=1S/C21H18ClNO5/c1-25-19-11-14(10-17(22)21(19)26-2)8-9-20(24)27-13-16-12-18(23-28-16)15-6-4-3-5-7-15/h3-12H,13H2,1-2H3/b9-8+. The SMILES string of the molecule is COc1cc(/C=C/C(=O)OCc2cc(-c3ccccc3)no2)cc(Cl)c1OC. The Morgan fingerprint density at radius 1 is 1.14 bits per heavy atom. The number of hydrogen-bond acceptors (Lipinski definition) is 6. The molecule has 6 nitrogen and oxygen atoms in total. The van der Waals surface area contributed by atoms with Crippen molar-refractivity contribution in [2.75, 3.05) is 14.2 Å². The maximum absolute atomic E-state index is 12.0. The number of esters is 1. The van der Waals surface area contributed by atoms with E-state index in [0.717, 1.165) is 5.56 Å². The summed E-state index contributed by atoms with van der Waals surface area (Å²) in [6.07, 6.45) is 2.87. The molecule has 0 radical (unpaired) electrons. The Labute approximate surface area is 167 Å². The zero-order chi connectivity index (χ0) is 19.9. The molecule has 1 aromatic heterocycles. The highest BCUT2D eigenvalue weighted by Crippen LogP contribution is 2.36. The first-order valence-electron chi connectivity index (χ1n) is 8.38. The molecule has 0 saturated heterocycles. The molecule has 144 valence electrons. The average Bonchev–Trinajstić information content (AvgIpc) is 3.20. The van der Waals surface area contributed by atoms with Gasteiger partial charge in [0.25, 0.3) is 0 Å². The molecule has 0 atom stereocenters. The maximum Gasteiger partial charge on any atom is 0.331 e. The van der Waals surface area contributed by atoms with Gasteiger partial charge < -0.3 is 18.7 Å². The van der Waals surface area contributed by atoms with E-state index in [1.165, 1.54) is 20.3 Å². The van der Waals surface area contributed by atoms with E-state index in [4.69, 9.17) is 30.3 Å². The molecule has 0 spiro atoms. The van der Waals surface area contributed by atoms with Crippen molar-refractivity contribution in [1.82, 2.24) is 5.16 Å². The van der Waals surface area contributed by atoms with Gasteiger partial charge in [-0.25, -0.2) is 4.79 Å². The zero-order valence-corrected chi connectivity index (χ0v) is 16.1. The smallest absolute Gasteiger partial charge is 0.331 e. The first-order valence-corrected chi connectivity index (χ1v) is 8.76. The van der Waals surface area contributed by atoms with E-state index in [-0.39, 0.29) is 6.61 Å². The Morgan fingerprint density at radius 3 is 2.64 bits per heavy atom. The van der Waals surface area contributed by atoms with Crippen molar-refractivity contribution in [3.8, 4) is 22.8 Å². The molecular formula is C21H18ClNO5. The number of rotatable bonds is 7. The lowest BCUT2D eigenvalue weighted by Crippen LogP contribution is -2.00. The van der Waals surface area contributed by atoms with Crippen LogP contribution in [0.2, 0.25) is 5.02 Å². The fourth-order valence-electron chi connectivity index (χ4n) is 2.51. The number of benzene rings is 2. The van der Waals surface area contributed by atoms with Crippen LogP contribution in [0.1, 0.15) is 11.3 Å². The Kier molecular flexibility index (Phi) is 6.34. The molecule has 0 amide bonds. The number of ether oxygens (including phenoxy) is 3. The van der Waals surface area contributed by atoms with Crippen molar-refractivity contribution in [3.63, 3.8) is 0 Å². The zero-order valence-electron chi connectivity index (χ0n) is 15.3. The molecule has 0 fully saturated rings. The third-order valence-corrected chi connectivity index (χ3v) is 4.13. The second-order valence-corrected chi connectivity index (χ2v) is 6.13. The molecule has 7 heteroatoms. The van der Waals surface area contributed by atoms with Crippen LogP contribution >= 0.6 is 11.6 Å². The van der Waals surface area contributed by atoms with Crippen molar-refractivity contribution in [2.45, 2.75) is 6.61 Å². The van der Waals surface area contributed by atoms with Gasteiger partial charge in [0.05, 0.1) is 19.2 Å². The van der Waals surface area contributed by atoms with Crippen molar-refractivity contribution in [2.24, 2.45) is 0 Å². The second-order valence-electron chi connectivity index (χ2n) is 5.72. The first kappa shape index (κ1) is 19.5. The predicted molar refractivity (Wildman–Crippen MR) is 105 cm³/mol. The van der Waals surface area contributed by atoms with Gasteiger partial charge in [0.1, 0.15) is 5.69 Å². The van der Waals surface area contributed by atoms with Crippen molar-refractivity contribution in [1.29, 1.82) is 0 Å². The summed E-state index contributed by atoms with van der Waals surface area (Å²) in [5, 5.41) is 4.36. The maximum atomic E-state index is 12.0. The summed E-state index contributed by atoms with van der Waals surface area (Å²) in [5.74, 6) is 0.833. The summed E-state index contributed by atoms with van der Waals surface area (Å²) < 4.78 is 20.8. The van der Waals surface area contributed by atoms with Crippen molar-refractivity contribution in [3.05, 3.63) is 71.0 Å². The fourth-order valence-corrected chi connectivity index (χ4v) is 2.81. The van der Waals surface area contributed by atoms with Crippen LogP contribution in [0, 0.1) is 0 Å². The molecule has 0 aliphatic heterocycles. The van der Waals surface area contributed by atoms with Crippen LogP contribution in [0.25, 0.3) is 17.3 Å². The minimum atomic E-state index is -0.524. The van der Waals surface area contributed by atoms with E-state index in [1.807, 2.05) is 30.3 Å². The summed E-state index contributed by atoms with van der Waals surface area (Å²) in [5.41, 5.74) is 2.28. The molecule has 3 rings (SSSR count). The van der Waals surface area contributed by atoms with Gasteiger partial charge in [0.15, 0.2) is 23.9 Å². The summed E-state index contributed by atoms with van der Waals surface area (Å²) in [7, 11) is 3.01. The molecule has 2 aromatic carbocycles. The van der Waals surface area contributed by atoms with E-state index in [9.17, 15) is 4.79 Å². The normalized spacial score (nSPS) is 10.8. The van der Waals surface area contributed by atoms with Crippen LogP contribution < -0.4 is 9.47 Å². The van der Waals surface area contributed by atoms with Crippen molar-refractivity contribution >= 4 is 23.6 Å². The van der Waals surface area contributed by atoms with Gasteiger partial charge in [-0.1, -0.05) is 47.1 Å². The predicted octanol–water partition coefficient (Wildman–Crippen LogP) is 4.77. The number of aromatic nitrogens is 1. The van der Waals surface area contributed by atoms with Gasteiger partial charge in [0.2, 0.25) is 0 Å². The fraction of sp³-hybridized carbons (Fsp3) is 0.143. The van der Waals surface area contributed by atoms with Gasteiger partial charge >= 0.3 is 5.97 Å². The number of nitrogens with zero attached hydrogens (tertiary/aromatic N) is 1. The number of carbonyl (C=O) groups excluding carboxylic acids is 1. The molecule has 0 N–H and O–H groups in total. The van der Waals surface area contributed by atoms with Gasteiger partial charge in [0, 0.05) is 17.7 Å². The number of halogens is 1.